The first-order valence-corrected chi connectivity index (χ1v) is 9.33. The van der Waals surface area contributed by atoms with E-state index in [-0.39, 0.29) is 12.3 Å². The number of nitrogens with two attached hydrogens (primary N) is 1. The van der Waals surface area contributed by atoms with E-state index in [1.165, 1.54) is 38.5 Å². The molecule has 19 heavy (non-hydrogen) atoms. The topological polar surface area (TPSA) is 72.2 Å². The highest BCUT2D eigenvalue weighted by molar-refractivity contribution is 7.89. The predicted octanol–water partition coefficient (Wildman–Crippen LogP) is 1.47. The minimum absolute atomic E-state index is 0.0495. The predicted molar refractivity (Wildman–Crippen MR) is 76.1 cm³/mol. The SMILES string of the molecule is NCCS(=O)(=O)NCCC12CC3CC(CC(C3)C1)C2. The zero-order chi connectivity index (χ0) is 13.5. The van der Waals surface area contributed by atoms with Crippen molar-refractivity contribution < 1.29 is 8.42 Å². The Hall–Kier alpha value is -0.130. The van der Waals surface area contributed by atoms with Gasteiger partial charge in [-0.15, -0.1) is 0 Å². The molecule has 4 aliphatic rings. The van der Waals surface area contributed by atoms with E-state index in [9.17, 15) is 8.42 Å². The summed E-state index contributed by atoms with van der Waals surface area (Å²) in [5, 5.41) is 0. The van der Waals surface area contributed by atoms with Gasteiger partial charge < -0.3 is 5.73 Å². The van der Waals surface area contributed by atoms with Gasteiger partial charge in [0.1, 0.15) is 0 Å². The van der Waals surface area contributed by atoms with Crippen molar-refractivity contribution in [1.29, 1.82) is 0 Å². The molecule has 0 radical (unpaired) electrons. The van der Waals surface area contributed by atoms with E-state index in [0.29, 0.717) is 12.0 Å². The van der Waals surface area contributed by atoms with Gasteiger partial charge in [0.15, 0.2) is 0 Å². The Kier molecular flexibility index (Phi) is 3.65. The van der Waals surface area contributed by atoms with Crippen LogP contribution in [-0.2, 0) is 10.0 Å². The van der Waals surface area contributed by atoms with Crippen LogP contribution in [0.5, 0.6) is 0 Å². The molecule has 4 rings (SSSR count). The monoisotopic (exact) mass is 286 g/mol. The number of hydrogen-bond donors (Lipinski definition) is 2. The molecular formula is C14H26N2O2S. The molecule has 5 heteroatoms. The van der Waals surface area contributed by atoms with Crippen molar-refractivity contribution in [2.24, 2.45) is 28.9 Å². The zero-order valence-electron chi connectivity index (χ0n) is 11.6. The molecule has 0 aromatic rings. The minimum atomic E-state index is -3.14. The van der Waals surface area contributed by atoms with Crippen molar-refractivity contribution in [3.05, 3.63) is 0 Å². The fraction of sp³-hybridized carbons (Fsp3) is 1.00. The summed E-state index contributed by atoms with van der Waals surface area (Å²) in [4.78, 5) is 0. The summed E-state index contributed by atoms with van der Waals surface area (Å²) in [6, 6.07) is 0. The van der Waals surface area contributed by atoms with Crippen LogP contribution in [0, 0.1) is 23.2 Å². The molecule has 4 aliphatic carbocycles. The van der Waals surface area contributed by atoms with Gasteiger partial charge in [-0.1, -0.05) is 0 Å². The Morgan fingerprint density at radius 3 is 2.05 bits per heavy atom. The fourth-order valence-corrected chi connectivity index (χ4v) is 6.16. The Bertz CT molecular complexity index is 397. The van der Waals surface area contributed by atoms with Crippen LogP contribution in [0.2, 0.25) is 0 Å². The molecule has 0 saturated heterocycles. The van der Waals surface area contributed by atoms with Gasteiger partial charge in [0.2, 0.25) is 10.0 Å². The molecule has 0 aromatic heterocycles. The summed E-state index contributed by atoms with van der Waals surface area (Å²) < 4.78 is 26.0. The number of rotatable bonds is 6. The van der Waals surface area contributed by atoms with Gasteiger partial charge in [0.25, 0.3) is 0 Å². The highest BCUT2D eigenvalue weighted by Crippen LogP contribution is 2.61. The van der Waals surface area contributed by atoms with Crippen molar-refractivity contribution in [3.63, 3.8) is 0 Å². The molecule has 4 fully saturated rings. The molecule has 0 spiro atoms. The molecule has 0 amide bonds. The van der Waals surface area contributed by atoms with E-state index in [2.05, 4.69) is 4.72 Å². The van der Waals surface area contributed by atoms with Crippen molar-refractivity contribution in [1.82, 2.24) is 4.72 Å². The maximum absolute atomic E-state index is 11.6. The lowest BCUT2D eigenvalue weighted by Gasteiger charge is -2.57. The maximum Gasteiger partial charge on any atom is 0.212 e. The Balaban J connectivity index is 1.55. The lowest BCUT2D eigenvalue weighted by Crippen LogP contribution is -2.47. The maximum atomic E-state index is 11.6. The molecule has 4 saturated carbocycles. The van der Waals surface area contributed by atoms with Crippen LogP contribution in [0.3, 0.4) is 0 Å². The standard InChI is InChI=1S/C14H26N2O2S/c15-2-4-19(17,18)16-3-1-14-8-11-5-12(9-14)7-13(6-11)10-14/h11-13,16H,1-10,15H2. The first kappa shape index (κ1) is 13.8. The lowest BCUT2D eigenvalue weighted by atomic mass is 9.49. The molecular weight excluding hydrogens is 260 g/mol. The van der Waals surface area contributed by atoms with E-state index >= 15 is 0 Å². The summed E-state index contributed by atoms with van der Waals surface area (Å²) in [5.74, 6) is 2.86. The molecule has 4 bridgehead atoms. The largest absolute Gasteiger partial charge is 0.329 e. The molecule has 4 nitrogen and oxygen atoms in total. The van der Waals surface area contributed by atoms with Gasteiger partial charge in [-0.2, -0.15) is 0 Å². The van der Waals surface area contributed by atoms with Crippen molar-refractivity contribution in [3.8, 4) is 0 Å². The smallest absolute Gasteiger partial charge is 0.212 e. The van der Waals surface area contributed by atoms with Crippen molar-refractivity contribution >= 4 is 10.0 Å². The highest BCUT2D eigenvalue weighted by Gasteiger charge is 2.50. The molecule has 0 heterocycles. The minimum Gasteiger partial charge on any atom is -0.329 e. The Labute approximate surface area is 116 Å². The first-order valence-electron chi connectivity index (χ1n) is 7.68. The third-order valence-electron chi connectivity index (χ3n) is 5.53. The third-order valence-corrected chi connectivity index (χ3v) is 6.95. The average molecular weight is 286 g/mol. The average Bonchev–Trinajstić information content (AvgIpc) is 2.25. The molecule has 0 atom stereocenters. The van der Waals surface area contributed by atoms with Gasteiger partial charge in [-0.3, -0.25) is 0 Å². The summed E-state index contributed by atoms with van der Waals surface area (Å²) in [6.45, 7) is 0.807. The van der Waals surface area contributed by atoms with Crippen LogP contribution in [0.15, 0.2) is 0 Å². The molecule has 0 aliphatic heterocycles. The van der Waals surface area contributed by atoms with E-state index < -0.39 is 10.0 Å². The van der Waals surface area contributed by atoms with Crippen molar-refractivity contribution in [2.45, 2.75) is 44.9 Å². The van der Waals surface area contributed by atoms with Crippen LogP contribution >= 0.6 is 0 Å². The number of sulfonamides is 1. The molecule has 0 aromatic carbocycles. The highest BCUT2D eigenvalue weighted by atomic mass is 32.2. The van der Waals surface area contributed by atoms with E-state index in [1.807, 2.05) is 0 Å². The van der Waals surface area contributed by atoms with Crippen LogP contribution in [0.25, 0.3) is 0 Å². The summed E-state index contributed by atoms with van der Waals surface area (Å²) >= 11 is 0. The molecule has 110 valence electrons. The third kappa shape index (κ3) is 2.98. The van der Waals surface area contributed by atoms with Gasteiger partial charge >= 0.3 is 0 Å². The number of hydrogen-bond acceptors (Lipinski definition) is 3. The quantitative estimate of drug-likeness (QED) is 0.776. The molecule has 3 N–H and O–H groups in total. The van der Waals surface area contributed by atoms with Crippen molar-refractivity contribution in [2.75, 3.05) is 18.8 Å². The summed E-state index contributed by atoms with van der Waals surface area (Å²) in [7, 11) is -3.14. The normalized spacial score (nSPS) is 40.8. The van der Waals surface area contributed by atoms with Crippen LogP contribution < -0.4 is 10.5 Å². The second kappa shape index (κ2) is 5.01. The van der Waals surface area contributed by atoms with E-state index in [4.69, 9.17) is 5.73 Å². The van der Waals surface area contributed by atoms with E-state index in [1.54, 1.807) is 0 Å². The fourth-order valence-electron chi connectivity index (χ4n) is 5.30. The summed E-state index contributed by atoms with van der Waals surface area (Å²) in [5.41, 5.74) is 5.77. The second-order valence-corrected chi connectivity index (χ2v) is 9.10. The van der Waals surface area contributed by atoms with Crippen LogP contribution in [0.1, 0.15) is 44.9 Å². The summed E-state index contributed by atoms with van der Waals surface area (Å²) in [6.07, 6.45) is 9.39. The first-order chi connectivity index (χ1) is 9.00. The van der Waals surface area contributed by atoms with Crippen LogP contribution in [0.4, 0.5) is 0 Å². The van der Waals surface area contributed by atoms with E-state index in [0.717, 1.165) is 24.2 Å². The second-order valence-electron chi connectivity index (χ2n) is 7.17. The van der Waals surface area contributed by atoms with Gasteiger partial charge in [0, 0.05) is 13.1 Å². The van der Waals surface area contributed by atoms with Crippen LogP contribution in [-0.4, -0.2) is 27.3 Å². The Morgan fingerprint density at radius 2 is 1.58 bits per heavy atom. The molecule has 0 unspecified atom stereocenters. The zero-order valence-corrected chi connectivity index (χ0v) is 12.4. The van der Waals surface area contributed by atoms with Gasteiger partial charge in [-0.25, -0.2) is 13.1 Å². The lowest BCUT2D eigenvalue weighted by molar-refractivity contribution is -0.0561. The van der Waals surface area contributed by atoms with Gasteiger partial charge in [-0.05, 0) is 68.1 Å². The number of nitrogens with one attached hydrogen (secondary N) is 1. The Morgan fingerprint density at radius 1 is 1.05 bits per heavy atom. The van der Waals surface area contributed by atoms with Gasteiger partial charge in [0.05, 0.1) is 5.75 Å².